The van der Waals surface area contributed by atoms with Gasteiger partial charge in [-0.2, -0.15) is 0 Å². The Balaban J connectivity index is 2.08. The summed E-state index contributed by atoms with van der Waals surface area (Å²) in [6, 6.07) is 0. The molecule has 0 unspecified atom stereocenters. The van der Waals surface area contributed by atoms with Gasteiger partial charge in [0.05, 0.1) is 4.92 Å². The van der Waals surface area contributed by atoms with Gasteiger partial charge in [0.15, 0.2) is 4.34 Å². The van der Waals surface area contributed by atoms with Gasteiger partial charge >= 0.3 is 5.00 Å². The van der Waals surface area contributed by atoms with Gasteiger partial charge in [-0.15, -0.1) is 5.10 Å². The smallest absolute Gasteiger partial charge is 0.257 e. The third-order valence-corrected chi connectivity index (χ3v) is 4.05. The lowest BCUT2D eigenvalue weighted by Crippen LogP contribution is -2.01. The van der Waals surface area contributed by atoms with Crippen LogP contribution in [0.15, 0.2) is 15.7 Å². The van der Waals surface area contributed by atoms with Gasteiger partial charge in [0.2, 0.25) is 5.16 Å². The maximum atomic E-state index is 10.5. The highest BCUT2D eigenvalue weighted by Crippen LogP contribution is 2.32. The largest absolute Gasteiger partial charge is 0.344 e. The summed E-state index contributed by atoms with van der Waals surface area (Å²) in [4.78, 5) is 14.1. The lowest BCUT2D eigenvalue weighted by Gasteiger charge is -2.00. The van der Waals surface area contributed by atoms with Crippen molar-refractivity contribution in [3.8, 4) is 0 Å². The van der Waals surface area contributed by atoms with Gasteiger partial charge in [-0.3, -0.25) is 10.1 Å². The minimum Gasteiger partial charge on any atom is -0.257 e. The van der Waals surface area contributed by atoms with Crippen LogP contribution >= 0.6 is 23.1 Å². The molecule has 0 bridgehead atoms. The van der Waals surface area contributed by atoms with Crippen molar-refractivity contribution in [2.24, 2.45) is 0 Å². The van der Waals surface area contributed by atoms with Crippen LogP contribution < -0.4 is 0 Å². The second kappa shape index (κ2) is 5.87. The van der Waals surface area contributed by atoms with Crippen molar-refractivity contribution < 1.29 is 4.92 Å². The molecule has 0 N–H and O–H groups in total. The van der Waals surface area contributed by atoms with Gasteiger partial charge in [0.1, 0.15) is 6.20 Å². The van der Waals surface area contributed by atoms with E-state index in [0.29, 0.717) is 9.50 Å². The van der Waals surface area contributed by atoms with E-state index in [2.05, 4.69) is 27.4 Å². The molecular formula is C8H10N6O2S2. The van der Waals surface area contributed by atoms with E-state index in [-0.39, 0.29) is 5.00 Å². The zero-order valence-corrected chi connectivity index (χ0v) is 11.1. The molecule has 0 saturated heterocycles. The fraction of sp³-hybridized carbons (Fsp3) is 0.500. The van der Waals surface area contributed by atoms with Crippen LogP contribution in [-0.2, 0) is 6.54 Å². The molecule has 2 heterocycles. The van der Waals surface area contributed by atoms with Gasteiger partial charge in [-0.1, -0.05) is 13.3 Å². The summed E-state index contributed by atoms with van der Waals surface area (Å²) in [5.41, 5.74) is 0. The highest BCUT2D eigenvalue weighted by molar-refractivity contribution is 8.00. The number of thiazole rings is 1. The summed E-state index contributed by atoms with van der Waals surface area (Å²) in [7, 11) is 0. The molecule has 0 aromatic carbocycles. The molecule has 2 aromatic rings. The van der Waals surface area contributed by atoms with Crippen molar-refractivity contribution >= 4 is 28.1 Å². The molecule has 0 amide bonds. The van der Waals surface area contributed by atoms with Crippen LogP contribution in [0.25, 0.3) is 0 Å². The van der Waals surface area contributed by atoms with E-state index >= 15 is 0 Å². The zero-order chi connectivity index (χ0) is 13.0. The molecule has 0 aliphatic carbocycles. The first kappa shape index (κ1) is 12.9. The molecule has 10 heteroatoms. The molecule has 0 fully saturated rings. The van der Waals surface area contributed by atoms with E-state index in [4.69, 9.17) is 0 Å². The van der Waals surface area contributed by atoms with Crippen LogP contribution in [0.4, 0.5) is 5.00 Å². The number of nitro groups is 1. The summed E-state index contributed by atoms with van der Waals surface area (Å²) in [5, 5.41) is 22.5. The Bertz CT molecular complexity index is 539. The Hall–Kier alpha value is -1.55. The minimum atomic E-state index is -0.457. The molecule has 0 saturated carbocycles. The second-order valence-corrected chi connectivity index (χ2v) is 5.59. The fourth-order valence-corrected chi connectivity index (χ4v) is 2.86. The quantitative estimate of drug-likeness (QED) is 0.591. The summed E-state index contributed by atoms with van der Waals surface area (Å²) in [5.74, 6) is 0. The zero-order valence-electron chi connectivity index (χ0n) is 9.51. The molecule has 0 aliphatic heterocycles. The second-order valence-electron chi connectivity index (χ2n) is 3.36. The summed E-state index contributed by atoms with van der Waals surface area (Å²) in [6.07, 6.45) is 3.27. The van der Waals surface area contributed by atoms with E-state index in [0.717, 1.165) is 30.7 Å². The first-order valence-corrected chi connectivity index (χ1v) is 6.88. The molecule has 2 rings (SSSR count). The molecule has 0 atom stereocenters. The van der Waals surface area contributed by atoms with E-state index < -0.39 is 4.92 Å². The first-order valence-electron chi connectivity index (χ1n) is 5.25. The number of tetrazole rings is 1. The van der Waals surface area contributed by atoms with Crippen LogP contribution in [0.3, 0.4) is 0 Å². The first-order chi connectivity index (χ1) is 8.70. The topological polar surface area (TPSA) is 99.6 Å². The predicted molar refractivity (Wildman–Crippen MR) is 65.6 cm³/mol. The summed E-state index contributed by atoms with van der Waals surface area (Å²) < 4.78 is 2.25. The number of nitrogens with zero attached hydrogens (tertiary/aromatic N) is 6. The average Bonchev–Trinajstić information content (AvgIpc) is 2.96. The number of hydrogen-bond donors (Lipinski definition) is 0. The Kier molecular flexibility index (Phi) is 4.20. The third-order valence-electron chi connectivity index (χ3n) is 2.05. The molecule has 0 radical (unpaired) electrons. The van der Waals surface area contributed by atoms with E-state index in [1.165, 1.54) is 18.0 Å². The Morgan fingerprint density at radius 3 is 3.11 bits per heavy atom. The van der Waals surface area contributed by atoms with Gasteiger partial charge in [-0.25, -0.2) is 9.67 Å². The Morgan fingerprint density at radius 2 is 2.44 bits per heavy atom. The van der Waals surface area contributed by atoms with Gasteiger partial charge < -0.3 is 0 Å². The van der Waals surface area contributed by atoms with Crippen molar-refractivity contribution in [1.82, 2.24) is 25.2 Å². The number of aromatic nitrogens is 5. The number of unbranched alkanes of at least 4 members (excludes halogenated alkanes) is 1. The van der Waals surface area contributed by atoms with E-state index in [1.54, 1.807) is 4.68 Å². The molecular weight excluding hydrogens is 276 g/mol. The Morgan fingerprint density at radius 1 is 1.61 bits per heavy atom. The van der Waals surface area contributed by atoms with Crippen LogP contribution in [0.2, 0.25) is 0 Å². The highest BCUT2D eigenvalue weighted by Gasteiger charge is 2.15. The summed E-state index contributed by atoms with van der Waals surface area (Å²) >= 11 is 2.26. The van der Waals surface area contributed by atoms with Crippen molar-refractivity contribution in [2.75, 3.05) is 0 Å². The normalized spacial score (nSPS) is 10.7. The van der Waals surface area contributed by atoms with Crippen LogP contribution in [0, 0.1) is 10.1 Å². The third kappa shape index (κ3) is 3.01. The number of hydrogen-bond acceptors (Lipinski definition) is 8. The van der Waals surface area contributed by atoms with Crippen molar-refractivity contribution in [1.29, 1.82) is 0 Å². The van der Waals surface area contributed by atoms with Crippen molar-refractivity contribution in [3.63, 3.8) is 0 Å². The molecule has 0 aliphatic rings. The molecule has 2 aromatic heterocycles. The standard InChI is InChI=1S/C8H10N6O2S2/c1-2-3-4-13-7(10-11-12-13)18-8-9-5-6(17-8)14(15)16/h5H,2-4H2,1H3. The lowest BCUT2D eigenvalue weighted by atomic mass is 10.3. The lowest BCUT2D eigenvalue weighted by molar-refractivity contribution is -0.380. The maximum Gasteiger partial charge on any atom is 0.344 e. The average molecular weight is 286 g/mol. The molecule has 18 heavy (non-hydrogen) atoms. The SMILES string of the molecule is CCCCn1nnnc1Sc1ncc([N+](=O)[O-])s1. The number of rotatable bonds is 6. The number of aryl methyl sites for hydroxylation is 1. The van der Waals surface area contributed by atoms with Crippen molar-refractivity contribution in [2.45, 2.75) is 35.8 Å². The van der Waals surface area contributed by atoms with E-state index in [1.807, 2.05) is 0 Å². The maximum absolute atomic E-state index is 10.5. The van der Waals surface area contributed by atoms with Gasteiger partial charge in [0.25, 0.3) is 0 Å². The molecule has 8 nitrogen and oxygen atoms in total. The van der Waals surface area contributed by atoms with Crippen LogP contribution in [0.1, 0.15) is 19.8 Å². The fourth-order valence-electron chi connectivity index (χ4n) is 1.18. The van der Waals surface area contributed by atoms with Gasteiger partial charge in [0, 0.05) is 6.54 Å². The van der Waals surface area contributed by atoms with E-state index in [9.17, 15) is 10.1 Å². The molecule has 0 spiro atoms. The van der Waals surface area contributed by atoms with Crippen LogP contribution in [-0.4, -0.2) is 30.1 Å². The monoisotopic (exact) mass is 286 g/mol. The predicted octanol–water partition coefficient (Wildman–Crippen LogP) is 1.99. The van der Waals surface area contributed by atoms with Crippen molar-refractivity contribution in [3.05, 3.63) is 16.3 Å². The highest BCUT2D eigenvalue weighted by atomic mass is 32.2. The minimum absolute atomic E-state index is 0.0186. The Labute approximate surface area is 111 Å². The summed E-state index contributed by atoms with van der Waals surface area (Å²) in [6.45, 7) is 2.82. The van der Waals surface area contributed by atoms with Crippen LogP contribution in [0.5, 0.6) is 0 Å². The van der Waals surface area contributed by atoms with Gasteiger partial charge in [-0.05, 0) is 39.9 Å². The molecule has 96 valence electrons.